The molecule has 2 amide bonds. The Morgan fingerprint density at radius 1 is 1.00 bits per heavy atom. The highest BCUT2D eigenvalue weighted by Crippen LogP contribution is 2.41. The van der Waals surface area contributed by atoms with E-state index in [9.17, 15) is 14.0 Å². The van der Waals surface area contributed by atoms with Gasteiger partial charge in [-0.1, -0.05) is 68.1 Å². The number of nitrogens with one attached hydrogen (secondary N) is 1. The topological polar surface area (TPSA) is 54.3 Å². The van der Waals surface area contributed by atoms with Crippen LogP contribution in [0.5, 0.6) is 0 Å². The first-order valence-corrected chi connectivity index (χ1v) is 13.9. The number of carbonyl (C=O) groups excluding carboxylic acids is 2. The summed E-state index contributed by atoms with van der Waals surface area (Å²) in [6.45, 7) is 0.425. The lowest BCUT2D eigenvalue weighted by atomic mass is 9.83. The van der Waals surface area contributed by atoms with Crippen molar-refractivity contribution in [1.82, 2.24) is 14.8 Å². The Labute approximate surface area is 219 Å². The summed E-state index contributed by atoms with van der Waals surface area (Å²) in [5.41, 5.74) is 1.65. The van der Waals surface area contributed by atoms with E-state index in [1.54, 1.807) is 22.3 Å². The van der Waals surface area contributed by atoms with E-state index in [4.69, 9.17) is 0 Å². The van der Waals surface area contributed by atoms with Gasteiger partial charge in [0.15, 0.2) is 5.54 Å². The fourth-order valence-corrected chi connectivity index (χ4v) is 6.81. The Balaban J connectivity index is 1.52. The lowest BCUT2D eigenvalue weighted by molar-refractivity contribution is -0.136. The molecule has 0 bridgehead atoms. The molecule has 1 N–H and O–H groups in total. The maximum Gasteiger partial charge on any atom is 0.272 e. The predicted octanol–water partition coefficient (Wildman–Crippen LogP) is 6.23. The Morgan fingerprint density at radius 3 is 2.54 bits per heavy atom. The lowest BCUT2D eigenvalue weighted by Gasteiger charge is -2.47. The van der Waals surface area contributed by atoms with Crippen molar-refractivity contribution in [2.75, 3.05) is 0 Å². The maximum absolute atomic E-state index is 14.5. The van der Waals surface area contributed by atoms with E-state index < -0.39 is 5.54 Å². The molecular weight excluding hydrogens is 485 g/mol. The molecule has 4 aromatic rings. The highest BCUT2D eigenvalue weighted by atomic mass is 32.1. The highest BCUT2D eigenvalue weighted by molar-refractivity contribution is 7.17. The first-order chi connectivity index (χ1) is 18.1. The average molecular weight is 516 g/mol. The molecule has 2 aromatic heterocycles. The zero-order valence-corrected chi connectivity index (χ0v) is 21.5. The predicted molar refractivity (Wildman–Crippen MR) is 144 cm³/mol. The fourth-order valence-electron chi connectivity index (χ4n) is 5.99. The van der Waals surface area contributed by atoms with Gasteiger partial charge < -0.3 is 14.8 Å². The third-order valence-corrected chi connectivity index (χ3v) is 8.73. The van der Waals surface area contributed by atoms with E-state index >= 15 is 0 Å². The van der Waals surface area contributed by atoms with Gasteiger partial charge in [0.2, 0.25) is 0 Å². The third-order valence-electron chi connectivity index (χ3n) is 7.88. The van der Waals surface area contributed by atoms with Crippen molar-refractivity contribution in [3.8, 4) is 0 Å². The van der Waals surface area contributed by atoms with Crippen LogP contribution in [0, 0.1) is 5.82 Å². The second-order valence-electron chi connectivity index (χ2n) is 10.2. The van der Waals surface area contributed by atoms with E-state index in [0.29, 0.717) is 17.8 Å². The van der Waals surface area contributed by atoms with Crippen molar-refractivity contribution < 1.29 is 14.0 Å². The molecule has 1 saturated carbocycles. The van der Waals surface area contributed by atoms with Gasteiger partial charge in [-0.3, -0.25) is 9.59 Å². The summed E-state index contributed by atoms with van der Waals surface area (Å²) in [7, 11) is 0. The van der Waals surface area contributed by atoms with Gasteiger partial charge in [-0.15, -0.1) is 11.3 Å². The molecule has 190 valence electrons. The molecule has 1 aliphatic heterocycles. The van der Waals surface area contributed by atoms with Gasteiger partial charge in [0.1, 0.15) is 11.5 Å². The van der Waals surface area contributed by atoms with Crippen LogP contribution >= 0.6 is 11.3 Å². The summed E-state index contributed by atoms with van der Waals surface area (Å²) in [5, 5.41) is 5.37. The van der Waals surface area contributed by atoms with Gasteiger partial charge >= 0.3 is 0 Å². The van der Waals surface area contributed by atoms with Gasteiger partial charge in [0, 0.05) is 12.6 Å². The van der Waals surface area contributed by atoms with Crippen LogP contribution in [0.25, 0.3) is 10.2 Å². The lowest BCUT2D eigenvalue weighted by Crippen LogP contribution is -2.63. The Hall–Kier alpha value is -3.45. The van der Waals surface area contributed by atoms with Crippen LogP contribution < -0.4 is 5.32 Å². The number of nitrogens with zero attached hydrogens (tertiary/aromatic N) is 2. The molecule has 0 radical (unpaired) electrons. The van der Waals surface area contributed by atoms with Crippen molar-refractivity contribution in [3.05, 3.63) is 94.7 Å². The zero-order valence-electron chi connectivity index (χ0n) is 20.7. The Kier molecular flexibility index (Phi) is 6.32. The number of hydrogen-bond acceptors (Lipinski definition) is 3. The minimum Gasteiger partial charge on any atom is -0.351 e. The monoisotopic (exact) mass is 515 g/mol. The number of halogens is 1. The van der Waals surface area contributed by atoms with Crippen molar-refractivity contribution >= 4 is 33.4 Å². The Bertz CT molecular complexity index is 1440. The number of thiophene rings is 1. The summed E-state index contributed by atoms with van der Waals surface area (Å²) in [6, 6.07) is 19.9. The van der Waals surface area contributed by atoms with Crippen LogP contribution in [-0.4, -0.2) is 27.3 Å². The van der Waals surface area contributed by atoms with Crippen LogP contribution in [0.4, 0.5) is 4.39 Å². The third kappa shape index (κ3) is 4.25. The van der Waals surface area contributed by atoms with Crippen LogP contribution in [0.15, 0.2) is 72.1 Å². The van der Waals surface area contributed by atoms with E-state index in [0.717, 1.165) is 41.5 Å². The fraction of sp³-hybridized carbons (Fsp3) is 0.333. The number of benzene rings is 2. The van der Waals surface area contributed by atoms with Gasteiger partial charge in [-0.05, 0) is 53.6 Å². The first kappa shape index (κ1) is 23.9. The maximum atomic E-state index is 14.5. The second kappa shape index (κ2) is 9.78. The molecule has 3 heterocycles. The molecule has 2 aromatic carbocycles. The molecular formula is C30H30FN3O2S. The quantitative estimate of drug-likeness (QED) is 0.320. The standard InChI is InChI=1S/C30H30FN3O2S/c31-23-12-8-9-21(17-23)19-34-28(35)26-18-27-25(15-16-37-27)33(26)20-30(34,22-10-4-3-5-11-22)29(36)32-24-13-6-1-2-7-14-24/h3-5,8-12,15-18,24H,1-2,6-7,13-14,19-20H2,(H,32,36). The molecule has 6 rings (SSSR count). The summed E-state index contributed by atoms with van der Waals surface area (Å²) in [4.78, 5) is 30.4. The molecule has 1 unspecified atom stereocenters. The van der Waals surface area contributed by atoms with Gasteiger partial charge in [0.05, 0.1) is 16.8 Å². The smallest absolute Gasteiger partial charge is 0.272 e. The number of amides is 2. The van der Waals surface area contributed by atoms with E-state index in [1.807, 2.05) is 58.5 Å². The molecule has 1 aliphatic carbocycles. The zero-order chi connectivity index (χ0) is 25.4. The minimum atomic E-state index is -1.28. The summed E-state index contributed by atoms with van der Waals surface area (Å²) < 4.78 is 17.2. The van der Waals surface area contributed by atoms with E-state index in [2.05, 4.69) is 5.32 Å². The molecule has 2 aliphatic rings. The molecule has 37 heavy (non-hydrogen) atoms. The first-order valence-electron chi connectivity index (χ1n) is 13.1. The van der Waals surface area contributed by atoms with Crippen molar-refractivity contribution in [1.29, 1.82) is 0 Å². The summed E-state index contributed by atoms with van der Waals surface area (Å²) in [5.74, 6) is -0.754. The normalized spacial score (nSPS) is 20.6. The van der Waals surface area contributed by atoms with Crippen LogP contribution in [0.3, 0.4) is 0 Å². The van der Waals surface area contributed by atoms with E-state index in [1.165, 1.54) is 25.0 Å². The number of hydrogen-bond donors (Lipinski definition) is 1. The van der Waals surface area contributed by atoms with Crippen LogP contribution in [0.1, 0.15) is 60.1 Å². The summed E-state index contributed by atoms with van der Waals surface area (Å²) in [6.07, 6.45) is 6.43. The van der Waals surface area contributed by atoms with Crippen molar-refractivity contribution in [2.24, 2.45) is 0 Å². The van der Waals surface area contributed by atoms with Gasteiger partial charge in [0.25, 0.3) is 11.8 Å². The van der Waals surface area contributed by atoms with Gasteiger partial charge in [-0.25, -0.2) is 4.39 Å². The minimum absolute atomic E-state index is 0.0777. The van der Waals surface area contributed by atoms with Crippen molar-refractivity contribution in [3.63, 3.8) is 0 Å². The van der Waals surface area contributed by atoms with Gasteiger partial charge in [-0.2, -0.15) is 0 Å². The molecule has 5 nitrogen and oxygen atoms in total. The van der Waals surface area contributed by atoms with E-state index in [-0.39, 0.29) is 30.2 Å². The Morgan fingerprint density at radius 2 is 1.78 bits per heavy atom. The highest BCUT2D eigenvalue weighted by Gasteiger charge is 2.53. The number of carbonyl (C=O) groups is 2. The average Bonchev–Trinajstić information content (AvgIpc) is 3.40. The number of rotatable bonds is 5. The molecule has 0 saturated heterocycles. The molecule has 1 atom stereocenters. The van der Waals surface area contributed by atoms with Crippen LogP contribution in [0.2, 0.25) is 0 Å². The SMILES string of the molecule is O=C1c2cc3sccc3n2CC(C(=O)NC2CCCCCC2)(c2ccccc2)N1Cc1cccc(F)c1. The van der Waals surface area contributed by atoms with Crippen molar-refractivity contribution in [2.45, 2.75) is 63.2 Å². The largest absolute Gasteiger partial charge is 0.351 e. The second-order valence-corrected chi connectivity index (χ2v) is 11.1. The molecule has 0 spiro atoms. The number of fused-ring (bicyclic) bond motifs is 3. The number of aromatic nitrogens is 1. The molecule has 1 fully saturated rings. The molecule has 7 heteroatoms. The van der Waals surface area contributed by atoms with Crippen LogP contribution in [-0.2, 0) is 23.4 Å². The summed E-state index contributed by atoms with van der Waals surface area (Å²) >= 11 is 1.58.